The number of piperazine rings is 1. The maximum atomic E-state index is 6.31. The van der Waals surface area contributed by atoms with Crippen LogP contribution in [0, 0.1) is 0 Å². The minimum Gasteiger partial charge on any atom is -0.369 e. The molecule has 0 unspecified atom stereocenters. The Labute approximate surface area is 165 Å². The van der Waals surface area contributed by atoms with Crippen molar-refractivity contribution in [3.05, 3.63) is 82.9 Å². The molecule has 138 valence electrons. The van der Waals surface area contributed by atoms with Gasteiger partial charge in [0.25, 0.3) is 0 Å². The zero-order valence-electron chi connectivity index (χ0n) is 15.2. The van der Waals surface area contributed by atoms with Gasteiger partial charge in [0.1, 0.15) is 0 Å². The molecule has 0 atom stereocenters. The molecule has 1 N–H and O–H groups in total. The number of benzene rings is 2. The van der Waals surface area contributed by atoms with Gasteiger partial charge in [-0.1, -0.05) is 35.9 Å². The third-order valence-electron chi connectivity index (χ3n) is 4.75. The van der Waals surface area contributed by atoms with Crippen molar-refractivity contribution in [2.45, 2.75) is 6.54 Å². The number of hydrogen-bond donors (Lipinski definition) is 1. The summed E-state index contributed by atoms with van der Waals surface area (Å²) in [6.07, 6.45) is 9.81. The highest BCUT2D eigenvalue weighted by Crippen LogP contribution is 2.20. The molecule has 27 heavy (non-hydrogen) atoms. The van der Waals surface area contributed by atoms with Crippen LogP contribution in [0.5, 0.6) is 0 Å². The van der Waals surface area contributed by atoms with E-state index in [1.54, 1.807) is 6.20 Å². The number of halogens is 1. The van der Waals surface area contributed by atoms with Gasteiger partial charge in [-0.05, 0) is 47.0 Å². The van der Waals surface area contributed by atoms with Crippen molar-refractivity contribution in [1.29, 1.82) is 0 Å². The molecule has 0 saturated carbocycles. The molecular formula is C22H23ClN4. The number of anilines is 1. The standard InChI is InChI=1S/C22H23ClN4/c23-21-14-19(13-20(15-21)16-26-10-7-25-17-26)2-1-18-3-5-22(6-4-18)27-11-8-24-9-12-27/h1-7,10,13-15,17,24H,8-9,11-12,16H2/b2-1+. The van der Waals surface area contributed by atoms with Crippen molar-refractivity contribution >= 4 is 29.4 Å². The predicted octanol–water partition coefficient (Wildman–Crippen LogP) is 4.16. The lowest BCUT2D eigenvalue weighted by molar-refractivity contribution is 0.589. The van der Waals surface area contributed by atoms with Crippen LogP contribution in [0.15, 0.2) is 61.2 Å². The molecule has 0 amide bonds. The van der Waals surface area contributed by atoms with E-state index in [1.807, 2.05) is 29.2 Å². The maximum Gasteiger partial charge on any atom is 0.0949 e. The lowest BCUT2D eigenvalue weighted by Gasteiger charge is -2.29. The average molecular weight is 379 g/mol. The van der Waals surface area contributed by atoms with Gasteiger partial charge in [0.15, 0.2) is 0 Å². The fourth-order valence-electron chi connectivity index (χ4n) is 3.37. The summed E-state index contributed by atoms with van der Waals surface area (Å²) in [4.78, 5) is 6.51. The van der Waals surface area contributed by atoms with Crippen molar-refractivity contribution in [3.63, 3.8) is 0 Å². The number of aromatic nitrogens is 2. The van der Waals surface area contributed by atoms with Gasteiger partial charge in [-0.25, -0.2) is 4.98 Å². The summed E-state index contributed by atoms with van der Waals surface area (Å²) in [7, 11) is 0. The van der Waals surface area contributed by atoms with E-state index in [-0.39, 0.29) is 0 Å². The first-order valence-electron chi connectivity index (χ1n) is 9.25. The molecule has 2 aromatic carbocycles. The van der Waals surface area contributed by atoms with Gasteiger partial charge in [0, 0.05) is 55.8 Å². The largest absolute Gasteiger partial charge is 0.369 e. The minimum atomic E-state index is 0.751. The van der Waals surface area contributed by atoms with Crippen LogP contribution in [-0.2, 0) is 6.54 Å². The second-order valence-corrected chi connectivity index (χ2v) is 7.23. The first-order chi connectivity index (χ1) is 13.3. The summed E-state index contributed by atoms with van der Waals surface area (Å²) in [5, 5.41) is 4.14. The smallest absolute Gasteiger partial charge is 0.0949 e. The molecule has 4 nitrogen and oxygen atoms in total. The van der Waals surface area contributed by atoms with Gasteiger partial charge in [-0.2, -0.15) is 0 Å². The molecule has 0 aliphatic carbocycles. The van der Waals surface area contributed by atoms with Gasteiger partial charge in [-0.3, -0.25) is 0 Å². The number of hydrogen-bond acceptors (Lipinski definition) is 3. The lowest BCUT2D eigenvalue weighted by atomic mass is 10.1. The van der Waals surface area contributed by atoms with E-state index in [0.717, 1.165) is 48.9 Å². The van der Waals surface area contributed by atoms with E-state index >= 15 is 0 Å². The van der Waals surface area contributed by atoms with Crippen molar-refractivity contribution in [2.75, 3.05) is 31.1 Å². The maximum absolute atomic E-state index is 6.31. The van der Waals surface area contributed by atoms with Crippen LogP contribution in [0.25, 0.3) is 12.2 Å². The van der Waals surface area contributed by atoms with Gasteiger partial charge in [0.05, 0.1) is 6.33 Å². The Hall–Kier alpha value is -2.56. The van der Waals surface area contributed by atoms with E-state index in [0.29, 0.717) is 0 Å². The van der Waals surface area contributed by atoms with Crippen molar-refractivity contribution in [2.24, 2.45) is 0 Å². The van der Waals surface area contributed by atoms with Crippen LogP contribution in [0.4, 0.5) is 5.69 Å². The quantitative estimate of drug-likeness (QED) is 0.676. The van der Waals surface area contributed by atoms with Crippen LogP contribution >= 0.6 is 11.6 Å². The summed E-state index contributed by atoms with van der Waals surface area (Å²) < 4.78 is 2.04. The fraction of sp³-hybridized carbons (Fsp3) is 0.227. The Morgan fingerprint density at radius 2 is 1.78 bits per heavy atom. The number of imidazole rings is 1. The Morgan fingerprint density at radius 1 is 1.00 bits per heavy atom. The van der Waals surface area contributed by atoms with Crippen LogP contribution < -0.4 is 10.2 Å². The van der Waals surface area contributed by atoms with E-state index in [9.17, 15) is 0 Å². The van der Waals surface area contributed by atoms with Gasteiger partial charge in [0.2, 0.25) is 0 Å². The monoisotopic (exact) mass is 378 g/mol. The Kier molecular flexibility index (Phi) is 5.56. The topological polar surface area (TPSA) is 33.1 Å². The first kappa shape index (κ1) is 17.8. The molecule has 1 aliphatic heterocycles. The highest BCUT2D eigenvalue weighted by molar-refractivity contribution is 6.30. The zero-order chi connectivity index (χ0) is 18.5. The van der Waals surface area contributed by atoms with Crippen molar-refractivity contribution in [3.8, 4) is 0 Å². The van der Waals surface area contributed by atoms with Gasteiger partial charge in [-0.15, -0.1) is 0 Å². The Balaban J connectivity index is 1.46. The molecule has 1 aromatic heterocycles. The Bertz CT molecular complexity index is 895. The third kappa shape index (κ3) is 4.79. The van der Waals surface area contributed by atoms with Crippen LogP contribution in [0.1, 0.15) is 16.7 Å². The van der Waals surface area contributed by atoms with E-state index in [2.05, 4.69) is 57.7 Å². The highest BCUT2D eigenvalue weighted by Gasteiger charge is 2.09. The van der Waals surface area contributed by atoms with Crippen molar-refractivity contribution in [1.82, 2.24) is 14.9 Å². The van der Waals surface area contributed by atoms with Gasteiger partial charge >= 0.3 is 0 Å². The minimum absolute atomic E-state index is 0.751. The number of rotatable bonds is 5. The average Bonchev–Trinajstić information content (AvgIpc) is 3.20. The molecule has 1 fully saturated rings. The predicted molar refractivity (Wildman–Crippen MR) is 113 cm³/mol. The van der Waals surface area contributed by atoms with Crippen LogP contribution in [0.2, 0.25) is 5.02 Å². The second-order valence-electron chi connectivity index (χ2n) is 6.79. The molecule has 3 aromatic rings. The third-order valence-corrected chi connectivity index (χ3v) is 4.97. The highest BCUT2D eigenvalue weighted by atomic mass is 35.5. The molecular weight excluding hydrogens is 356 g/mol. The molecule has 4 rings (SSSR count). The van der Waals surface area contributed by atoms with E-state index in [1.165, 1.54) is 11.3 Å². The molecule has 0 spiro atoms. The molecule has 0 radical (unpaired) electrons. The molecule has 1 saturated heterocycles. The van der Waals surface area contributed by atoms with Gasteiger partial charge < -0.3 is 14.8 Å². The zero-order valence-corrected chi connectivity index (χ0v) is 15.9. The first-order valence-corrected chi connectivity index (χ1v) is 9.63. The Morgan fingerprint density at radius 3 is 2.52 bits per heavy atom. The van der Waals surface area contributed by atoms with Crippen LogP contribution in [-0.4, -0.2) is 35.7 Å². The molecule has 2 heterocycles. The van der Waals surface area contributed by atoms with Crippen molar-refractivity contribution < 1.29 is 0 Å². The summed E-state index contributed by atoms with van der Waals surface area (Å²) in [6, 6.07) is 14.9. The SMILES string of the molecule is Clc1cc(/C=C/c2ccc(N3CCNCC3)cc2)cc(Cn2ccnc2)c1. The molecule has 0 bridgehead atoms. The fourth-order valence-corrected chi connectivity index (χ4v) is 3.63. The summed E-state index contributed by atoms with van der Waals surface area (Å²) in [5.74, 6) is 0. The number of nitrogens with one attached hydrogen (secondary N) is 1. The second kappa shape index (κ2) is 8.42. The normalized spacial score (nSPS) is 14.8. The van der Waals surface area contributed by atoms with E-state index in [4.69, 9.17) is 11.6 Å². The summed E-state index contributed by atoms with van der Waals surface area (Å²) >= 11 is 6.31. The number of nitrogens with zero attached hydrogens (tertiary/aromatic N) is 3. The van der Waals surface area contributed by atoms with E-state index < -0.39 is 0 Å². The lowest BCUT2D eigenvalue weighted by Crippen LogP contribution is -2.43. The molecule has 5 heteroatoms. The van der Waals surface area contributed by atoms with Crippen LogP contribution in [0.3, 0.4) is 0 Å². The summed E-state index contributed by atoms with van der Waals surface area (Å²) in [6.45, 7) is 5.01. The molecule has 1 aliphatic rings. The summed E-state index contributed by atoms with van der Waals surface area (Å²) in [5.41, 5.74) is 4.74.